The standard InChI is InChI=1S/C54H72N2O10/c1-24-31-16-39(58)44-30-13-11-28-15-36-37(20-49(28,7)32(30)17-40(45(31)44)63-53(24)46(61)25(2)47(4,5)65-53)55-35-14-27-10-12-29-33(50(27,8)21-38(35)56-36)18-41(59)51(9)34(29)19-43-52(51,62)26(3)54(64-43)42(60)22-48(6,23-57)66-54/h17,19,24-29,31,33,39,41-43,46,57-62H,10-16,18,20-23H2,1-9H3/t24-,25?,26?,27?,28?,29?,31+,33?,39?,41+,42?,43-,46?,48-,49-,50-,51+,52+,53?,54-/m1/s1. The molecular formula is C54H72N2O10. The molecule has 1 aromatic carbocycles. The molecule has 6 N–H and O–H groups in total. The fraction of sp³-hybridized carbons (Fsp3) is 0.778. The summed E-state index contributed by atoms with van der Waals surface area (Å²) in [6.07, 6.45) is 6.56. The van der Waals surface area contributed by atoms with E-state index in [1.54, 1.807) is 6.92 Å². The number of ether oxygens (including phenoxy) is 4. The maximum Gasteiger partial charge on any atom is 0.240 e. The fourth-order valence-corrected chi connectivity index (χ4v) is 17.9. The van der Waals surface area contributed by atoms with Crippen LogP contribution in [0, 0.1) is 52.3 Å². The van der Waals surface area contributed by atoms with Crippen molar-refractivity contribution in [3.63, 3.8) is 0 Å². The SMILES string of the molecule is CC1C(O)C2(Oc3cc4c(c5c3[C@@H](CC5O)[C@H]2C)CCC2Cc3nc5c(nc3C[C@@]42C)CC2CCC3C4=C[C@H]6O[C@@]7(O[C@@](C)(CO)CC7O)C(C)[C@@]6(O)[C@]4(C)[C@@H](O)CC3[C@]2(C)C5)OC1(C)C. The average molecular weight is 909 g/mol. The minimum Gasteiger partial charge on any atom is -0.459 e. The van der Waals surface area contributed by atoms with Crippen molar-refractivity contribution >= 4 is 0 Å². The number of aromatic nitrogens is 2. The molecule has 1 aromatic heterocycles. The zero-order valence-corrected chi connectivity index (χ0v) is 40.4. The van der Waals surface area contributed by atoms with Crippen LogP contribution in [0.25, 0.3) is 0 Å². The van der Waals surface area contributed by atoms with Gasteiger partial charge in [0, 0.05) is 47.0 Å². The maximum absolute atomic E-state index is 12.9. The molecule has 20 atom stereocenters. The second-order valence-corrected chi connectivity index (χ2v) is 25.4. The quantitative estimate of drug-likeness (QED) is 0.195. The largest absolute Gasteiger partial charge is 0.459 e. The summed E-state index contributed by atoms with van der Waals surface area (Å²) in [6.45, 7) is 18.5. The molecule has 66 heavy (non-hydrogen) atoms. The first-order valence-corrected chi connectivity index (χ1v) is 25.6. The highest BCUT2D eigenvalue weighted by Crippen LogP contribution is 2.71. The number of aliphatic hydroxyl groups is 6. The lowest BCUT2D eigenvalue weighted by Crippen LogP contribution is -2.64. The van der Waals surface area contributed by atoms with Crippen LogP contribution in [0.15, 0.2) is 17.7 Å². The van der Waals surface area contributed by atoms with E-state index < -0.39 is 70.2 Å². The van der Waals surface area contributed by atoms with Gasteiger partial charge in [-0.1, -0.05) is 53.2 Å². The lowest BCUT2D eigenvalue weighted by Gasteiger charge is -2.61. The van der Waals surface area contributed by atoms with Crippen molar-refractivity contribution in [2.75, 3.05) is 6.61 Å². The second-order valence-electron chi connectivity index (χ2n) is 25.4. The van der Waals surface area contributed by atoms with E-state index in [0.29, 0.717) is 24.7 Å². The first-order chi connectivity index (χ1) is 31.0. The molecular weight excluding hydrogens is 837 g/mol. The van der Waals surface area contributed by atoms with E-state index >= 15 is 0 Å². The molecule has 2 spiro atoms. The van der Waals surface area contributed by atoms with Crippen molar-refractivity contribution in [1.29, 1.82) is 0 Å². The number of hydrogen-bond acceptors (Lipinski definition) is 12. The number of nitrogens with zero attached hydrogens (tertiary/aromatic N) is 2. The van der Waals surface area contributed by atoms with Crippen molar-refractivity contribution < 1.29 is 49.6 Å². The molecule has 4 aliphatic heterocycles. The van der Waals surface area contributed by atoms with Crippen LogP contribution in [-0.2, 0) is 51.7 Å². The molecule has 0 radical (unpaired) electrons. The monoisotopic (exact) mass is 909 g/mol. The number of benzene rings is 1. The van der Waals surface area contributed by atoms with Crippen LogP contribution in [0.3, 0.4) is 0 Å². The van der Waals surface area contributed by atoms with E-state index in [2.05, 4.69) is 32.9 Å². The number of fused-ring (bicyclic) bond motifs is 13. The third-order valence-corrected chi connectivity index (χ3v) is 22.2. The van der Waals surface area contributed by atoms with Crippen molar-refractivity contribution in [3.8, 4) is 5.75 Å². The summed E-state index contributed by atoms with van der Waals surface area (Å²) < 4.78 is 26.8. The predicted octanol–water partition coefficient (Wildman–Crippen LogP) is 5.60. The summed E-state index contributed by atoms with van der Waals surface area (Å²) in [7, 11) is 0. The Morgan fingerprint density at radius 3 is 2.15 bits per heavy atom. The molecule has 7 aliphatic carbocycles. The Hall–Kier alpha value is -2.52. The van der Waals surface area contributed by atoms with E-state index in [9.17, 15) is 30.6 Å². The lowest BCUT2D eigenvalue weighted by atomic mass is 9.44. The van der Waals surface area contributed by atoms with Gasteiger partial charge in [-0.2, -0.15) is 0 Å². The zero-order chi connectivity index (χ0) is 46.4. The van der Waals surface area contributed by atoms with Crippen molar-refractivity contribution in [3.05, 3.63) is 62.7 Å². The van der Waals surface area contributed by atoms with Gasteiger partial charge in [0.1, 0.15) is 29.7 Å². The second kappa shape index (κ2) is 13.1. The summed E-state index contributed by atoms with van der Waals surface area (Å²) in [5.41, 5.74) is 5.79. The van der Waals surface area contributed by atoms with Gasteiger partial charge in [-0.25, -0.2) is 0 Å². The molecule has 12 nitrogen and oxygen atoms in total. The minimum absolute atomic E-state index is 0.0369. The Bertz CT molecular complexity index is 2510. The minimum atomic E-state index is -1.50. The molecule has 2 saturated carbocycles. The molecule has 0 amide bonds. The summed E-state index contributed by atoms with van der Waals surface area (Å²) in [4.78, 5) is 11.2. The zero-order valence-electron chi connectivity index (χ0n) is 40.4. The summed E-state index contributed by atoms with van der Waals surface area (Å²) in [5, 5.41) is 70.7. The van der Waals surface area contributed by atoms with Crippen LogP contribution in [0.1, 0.15) is 158 Å². The van der Waals surface area contributed by atoms with Crippen LogP contribution < -0.4 is 4.74 Å². The first-order valence-electron chi connectivity index (χ1n) is 25.6. The maximum atomic E-state index is 12.9. The van der Waals surface area contributed by atoms with Crippen LogP contribution >= 0.6 is 0 Å². The molecule has 5 heterocycles. The molecule has 2 aromatic rings. The topological polar surface area (TPSA) is 184 Å². The van der Waals surface area contributed by atoms with Gasteiger partial charge in [-0.15, -0.1) is 0 Å². The van der Waals surface area contributed by atoms with E-state index in [-0.39, 0.29) is 53.4 Å². The highest BCUT2D eigenvalue weighted by molar-refractivity contribution is 5.60. The molecule has 13 rings (SSSR count). The number of aliphatic hydroxyl groups excluding tert-OH is 5. The average Bonchev–Trinajstić information content (AvgIpc) is 3.94. The highest BCUT2D eigenvalue weighted by atomic mass is 16.7. The number of rotatable bonds is 1. The Kier molecular flexibility index (Phi) is 8.61. The third kappa shape index (κ3) is 4.89. The highest BCUT2D eigenvalue weighted by Gasteiger charge is 2.79. The molecule has 10 unspecified atom stereocenters. The van der Waals surface area contributed by atoms with Gasteiger partial charge in [0.05, 0.1) is 52.8 Å². The Morgan fingerprint density at radius 2 is 1.47 bits per heavy atom. The van der Waals surface area contributed by atoms with Crippen LogP contribution in [0.5, 0.6) is 5.75 Å². The van der Waals surface area contributed by atoms with Crippen LogP contribution in [0.4, 0.5) is 0 Å². The van der Waals surface area contributed by atoms with E-state index in [0.717, 1.165) is 96.6 Å². The Morgan fingerprint density at radius 1 is 0.758 bits per heavy atom. The van der Waals surface area contributed by atoms with Gasteiger partial charge in [0.15, 0.2) is 0 Å². The normalized spacial score (nSPS) is 52.9. The van der Waals surface area contributed by atoms with Crippen LogP contribution in [0.2, 0.25) is 0 Å². The Balaban J connectivity index is 0.811. The molecule has 11 aliphatic rings. The smallest absolute Gasteiger partial charge is 0.240 e. The van der Waals surface area contributed by atoms with Crippen molar-refractivity contribution in [2.24, 2.45) is 52.3 Å². The van der Waals surface area contributed by atoms with E-state index in [4.69, 9.17) is 28.9 Å². The molecule has 5 fully saturated rings. The Labute approximate surface area is 388 Å². The summed E-state index contributed by atoms with van der Waals surface area (Å²) in [6, 6.07) is 2.27. The fourth-order valence-electron chi connectivity index (χ4n) is 17.9. The number of hydrogen-bond donors (Lipinski definition) is 6. The molecule has 0 bridgehead atoms. The lowest BCUT2D eigenvalue weighted by molar-refractivity contribution is -0.280. The van der Waals surface area contributed by atoms with Crippen molar-refractivity contribution in [1.82, 2.24) is 9.97 Å². The van der Waals surface area contributed by atoms with Crippen molar-refractivity contribution in [2.45, 2.75) is 203 Å². The van der Waals surface area contributed by atoms with Gasteiger partial charge in [-0.3, -0.25) is 9.97 Å². The molecule has 12 heteroatoms. The van der Waals surface area contributed by atoms with Gasteiger partial charge >= 0.3 is 0 Å². The summed E-state index contributed by atoms with van der Waals surface area (Å²) in [5.74, 6) is -1.71. The molecule has 3 saturated heterocycles. The van der Waals surface area contributed by atoms with Gasteiger partial charge in [0.2, 0.25) is 11.6 Å². The third-order valence-electron chi connectivity index (χ3n) is 22.2. The van der Waals surface area contributed by atoms with Gasteiger partial charge in [-0.05, 0) is 136 Å². The molecule has 358 valence electrons. The van der Waals surface area contributed by atoms with Gasteiger partial charge in [0.25, 0.3) is 0 Å². The predicted molar refractivity (Wildman–Crippen MR) is 241 cm³/mol. The van der Waals surface area contributed by atoms with Gasteiger partial charge < -0.3 is 49.6 Å². The van der Waals surface area contributed by atoms with E-state index in [1.165, 1.54) is 11.1 Å². The summed E-state index contributed by atoms with van der Waals surface area (Å²) >= 11 is 0. The first kappa shape index (κ1) is 43.5. The van der Waals surface area contributed by atoms with E-state index in [1.807, 2.05) is 34.6 Å². The van der Waals surface area contributed by atoms with Crippen LogP contribution in [-0.4, -0.2) is 100 Å².